The topological polar surface area (TPSA) is 38.3 Å². The molecule has 2 aromatic carbocycles. The van der Waals surface area contributed by atoms with Gasteiger partial charge in [-0.25, -0.2) is 0 Å². The van der Waals surface area contributed by atoms with Crippen molar-refractivity contribution < 1.29 is 9.53 Å². The van der Waals surface area contributed by atoms with Crippen LogP contribution in [0.2, 0.25) is 0 Å². The Morgan fingerprint density at radius 2 is 2.05 bits per heavy atom. The SMILES string of the molecule is CSCCNC(=O)c1ccccc1OCc1cccc(Br)c1. The molecule has 2 aromatic rings. The molecular weight excluding hydrogens is 362 g/mol. The summed E-state index contributed by atoms with van der Waals surface area (Å²) < 4.78 is 6.83. The molecule has 0 fully saturated rings. The lowest BCUT2D eigenvalue weighted by molar-refractivity contribution is 0.0951. The number of carbonyl (C=O) groups excluding carboxylic acids is 1. The first kappa shape index (κ1) is 16.9. The van der Waals surface area contributed by atoms with E-state index in [-0.39, 0.29) is 5.91 Å². The molecule has 5 heteroatoms. The fourth-order valence-corrected chi connectivity index (χ4v) is 2.68. The summed E-state index contributed by atoms with van der Waals surface area (Å²) in [7, 11) is 0. The van der Waals surface area contributed by atoms with Gasteiger partial charge in [-0.1, -0.05) is 40.2 Å². The maximum Gasteiger partial charge on any atom is 0.255 e. The minimum absolute atomic E-state index is 0.0982. The summed E-state index contributed by atoms with van der Waals surface area (Å²) >= 11 is 5.14. The number of benzene rings is 2. The van der Waals surface area contributed by atoms with E-state index in [0.717, 1.165) is 15.8 Å². The van der Waals surface area contributed by atoms with E-state index in [0.29, 0.717) is 24.5 Å². The molecule has 0 aliphatic carbocycles. The Kier molecular flexibility index (Phi) is 6.80. The van der Waals surface area contributed by atoms with Gasteiger partial charge in [-0.3, -0.25) is 4.79 Å². The van der Waals surface area contributed by atoms with E-state index in [2.05, 4.69) is 21.2 Å². The van der Waals surface area contributed by atoms with Gasteiger partial charge in [-0.2, -0.15) is 11.8 Å². The second kappa shape index (κ2) is 8.86. The first-order valence-corrected chi connectivity index (χ1v) is 9.13. The van der Waals surface area contributed by atoms with Crippen molar-refractivity contribution in [3.63, 3.8) is 0 Å². The summed E-state index contributed by atoms with van der Waals surface area (Å²) in [6.45, 7) is 1.08. The second-order valence-electron chi connectivity index (χ2n) is 4.66. The molecule has 0 aromatic heterocycles. The lowest BCUT2D eigenvalue weighted by Gasteiger charge is -2.12. The van der Waals surface area contributed by atoms with E-state index in [9.17, 15) is 4.79 Å². The van der Waals surface area contributed by atoms with Crippen LogP contribution in [0.4, 0.5) is 0 Å². The van der Waals surface area contributed by atoms with Gasteiger partial charge in [-0.15, -0.1) is 0 Å². The van der Waals surface area contributed by atoms with Crippen LogP contribution in [-0.4, -0.2) is 24.5 Å². The molecule has 0 atom stereocenters. The van der Waals surface area contributed by atoms with E-state index in [1.165, 1.54) is 0 Å². The zero-order valence-electron chi connectivity index (χ0n) is 12.3. The molecular formula is C17H18BrNO2S. The third kappa shape index (κ3) is 5.07. The van der Waals surface area contributed by atoms with Gasteiger partial charge in [0.05, 0.1) is 5.56 Å². The average molecular weight is 380 g/mol. The van der Waals surface area contributed by atoms with Gasteiger partial charge in [-0.05, 0) is 36.1 Å². The van der Waals surface area contributed by atoms with E-state index in [4.69, 9.17) is 4.74 Å². The Bertz CT molecular complexity index is 634. The van der Waals surface area contributed by atoms with Crippen molar-refractivity contribution in [1.29, 1.82) is 0 Å². The molecule has 0 radical (unpaired) electrons. The molecule has 116 valence electrons. The standard InChI is InChI=1S/C17H18BrNO2S/c1-22-10-9-19-17(20)15-7-2-3-8-16(15)21-12-13-5-4-6-14(18)11-13/h2-8,11H,9-10,12H2,1H3,(H,19,20). The molecule has 1 amide bonds. The number of ether oxygens (including phenoxy) is 1. The molecule has 1 N–H and O–H groups in total. The average Bonchev–Trinajstić information content (AvgIpc) is 2.53. The first-order valence-electron chi connectivity index (χ1n) is 6.94. The van der Waals surface area contributed by atoms with Crippen LogP contribution in [-0.2, 0) is 6.61 Å². The summed E-state index contributed by atoms with van der Waals surface area (Å²) in [6.07, 6.45) is 2.02. The lowest BCUT2D eigenvalue weighted by atomic mass is 10.2. The summed E-state index contributed by atoms with van der Waals surface area (Å²) in [4.78, 5) is 12.2. The highest BCUT2D eigenvalue weighted by Crippen LogP contribution is 2.20. The van der Waals surface area contributed by atoms with E-state index < -0.39 is 0 Å². The predicted molar refractivity (Wildman–Crippen MR) is 95.6 cm³/mol. The molecule has 0 bridgehead atoms. The number of thioether (sulfide) groups is 1. The Balaban J connectivity index is 2.03. The minimum atomic E-state index is -0.0982. The van der Waals surface area contributed by atoms with Gasteiger partial charge in [0.25, 0.3) is 5.91 Å². The highest BCUT2D eigenvalue weighted by Gasteiger charge is 2.11. The van der Waals surface area contributed by atoms with Crippen LogP contribution in [0.3, 0.4) is 0 Å². The van der Waals surface area contributed by atoms with Crippen LogP contribution in [0.1, 0.15) is 15.9 Å². The molecule has 3 nitrogen and oxygen atoms in total. The zero-order valence-corrected chi connectivity index (χ0v) is 14.7. The van der Waals surface area contributed by atoms with Crippen LogP contribution >= 0.6 is 27.7 Å². The van der Waals surface area contributed by atoms with Crippen LogP contribution in [0.5, 0.6) is 5.75 Å². The molecule has 0 heterocycles. The summed E-state index contributed by atoms with van der Waals surface area (Å²) in [5.41, 5.74) is 1.62. The van der Waals surface area contributed by atoms with Gasteiger partial charge in [0.2, 0.25) is 0 Å². The van der Waals surface area contributed by atoms with Crippen LogP contribution in [0.25, 0.3) is 0 Å². The number of nitrogens with one attached hydrogen (secondary N) is 1. The lowest BCUT2D eigenvalue weighted by Crippen LogP contribution is -2.26. The first-order chi connectivity index (χ1) is 10.7. The molecule has 0 saturated carbocycles. The Morgan fingerprint density at radius 1 is 1.23 bits per heavy atom. The van der Waals surface area contributed by atoms with Gasteiger partial charge < -0.3 is 10.1 Å². The van der Waals surface area contributed by atoms with Crippen molar-refractivity contribution in [3.8, 4) is 5.75 Å². The summed E-state index contributed by atoms with van der Waals surface area (Å²) in [5.74, 6) is 1.40. The van der Waals surface area contributed by atoms with Crippen molar-refractivity contribution in [2.45, 2.75) is 6.61 Å². The molecule has 0 unspecified atom stereocenters. The zero-order chi connectivity index (χ0) is 15.8. The predicted octanol–water partition coefficient (Wildman–Crippen LogP) is 4.12. The molecule has 22 heavy (non-hydrogen) atoms. The molecule has 0 spiro atoms. The van der Waals surface area contributed by atoms with Crippen molar-refractivity contribution in [2.75, 3.05) is 18.6 Å². The van der Waals surface area contributed by atoms with Gasteiger partial charge in [0, 0.05) is 16.8 Å². The van der Waals surface area contributed by atoms with E-state index in [1.54, 1.807) is 17.8 Å². The van der Waals surface area contributed by atoms with Crippen LogP contribution in [0, 0.1) is 0 Å². The number of hydrogen-bond acceptors (Lipinski definition) is 3. The van der Waals surface area contributed by atoms with Gasteiger partial charge in [0.1, 0.15) is 12.4 Å². The number of para-hydroxylation sites is 1. The third-order valence-corrected chi connectivity index (χ3v) is 4.11. The minimum Gasteiger partial charge on any atom is -0.488 e. The summed E-state index contributed by atoms with van der Waals surface area (Å²) in [5, 5.41) is 2.90. The fraction of sp³-hybridized carbons (Fsp3) is 0.235. The second-order valence-corrected chi connectivity index (χ2v) is 6.56. The van der Waals surface area contributed by atoms with Crippen LogP contribution in [0.15, 0.2) is 53.0 Å². The van der Waals surface area contributed by atoms with Crippen molar-refractivity contribution in [1.82, 2.24) is 5.32 Å². The van der Waals surface area contributed by atoms with Crippen molar-refractivity contribution >= 4 is 33.6 Å². The molecule has 0 aliphatic rings. The van der Waals surface area contributed by atoms with Gasteiger partial charge in [0.15, 0.2) is 0 Å². The normalized spacial score (nSPS) is 10.3. The highest BCUT2D eigenvalue weighted by molar-refractivity contribution is 9.10. The van der Waals surface area contributed by atoms with Crippen molar-refractivity contribution in [3.05, 3.63) is 64.1 Å². The maximum atomic E-state index is 12.2. The van der Waals surface area contributed by atoms with E-state index >= 15 is 0 Å². The fourth-order valence-electron chi connectivity index (χ4n) is 1.93. The van der Waals surface area contributed by atoms with Gasteiger partial charge >= 0.3 is 0 Å². The summed E-state index contributed by atoms with van der Waals surface area (Å²) in [6, 6.07) is 15.2. The Labute approximate surface area is 143 Å². The van der Waals surface area contributed by atoms with Crippen LogP contribution < -0.4 is 10.1 Å². The largest absolute Gasteiger partial charge is 0.488 e. The quantitative estimate of drug-likeness (QED) is 0.735. The Morgan fingerprint density at radius 3 is 2.82 bits per heavy atom. The number of carbonyl (C=O) groups is 1. The third-order valence-electron chi connectivity index (χ3n) is 3.01. The molecule has 0 aliphatic heterocycles. The maximum absolute atomic E-state index is 12.2. The molecule has 0 saturated heterocycles. The Hall–Kier alpha value is -1.46. The number of rotatable bonds is 7. The highest BCUT2D eigenvalue weighted by atomic mass is 79.9. The molecule has 2 rings (SSSR count). The number of amides is 1. The van der Waals surface area contributed by atoms with E-state index in [1.807, 2.05) is 48.7 Å². The van der Waals surface area contributed by atoms with Crippen molar-refractivity contribution in [2.24, 2.45) is 0 Å². The monoisotopic (exact) mass is 379 g/mol. The number of hydrogen-bond donors (Lipinski definition) is 1. The number of halogens is 1. The smallest absolute Gasteiger partial charge is 0.255 e.